The number of nitrogens with zero attached hydrogens (tertiary/aromatic N) is 1. The molecule has 1 N–H and O–H groups in total. The average Bonchev–Trinajstić information content (AvgIpc) is 2.82. The molecule has 0 bridgehead atoms. The second-order valence-electron chi connectivity index (χ2n) is 4.88. The van der Waals surface area contributed by atoms with E-state index in [0.717, 1.165) is 5.92 Å². The summed E-state index contributed by atoms with van der Waals surface area (Å²) in [5.74, 6) is 1.52. The molecule has 1 saturated carbocycles. The molecule has 0 unspecified atom stereocenters. The van der Waals surface area contributed by atoms with Crippen LogP contribution in [0.3, 0.4) is 0 Å². The molecule has 0 aliphatic heterocycles. The van der Waals surface area contributed by atoms with Crippen molar-refractivity contribution in [2.75, 3.05) is 0 Å². The van der Waals surface area contributed by atoms with E-state index in [1.807, 2.05) is 6.20 Å². The van der Waals surface area contributed by atoms with Crippen LogP contribution in [0.25, 0.3) is 0 Å². The Morgan fingerprint density at radius 2 is 2.20 bits per heavy atom. The minimum atomic E-state index is 0.608. The molecule has 0 saturated heterocycles. The van der Waals surface area contributed by atoms with Crippen LogP contribution in [0.2, 0.25) is 0 Å². The van der Waals surface area contributed by atoms with E-state index in [9.17, 15) is 0 Å². The van der Waals surface area contributed by atoms with Gasteiger partial charge in [0, 0.05) is 17.8 Å². The van der Waals surface area contributed by atoms with Crippen LogP contribution in [-0.4, -0.2) is 9.97 Å². The van der Waals surface area contributed by atoms with Crippen LogP contribution in [0.5, 0.6) is 0 Å². The van der Waals surface area contributed by atoms with E-state index >= 15 is 0 Å². The number of aromatic nitrogens is 2. The second kappa shape index (κ2) is 3.84. The Kier molecular flexibility index (Phi) is 2.35. The zero-order valence-corrected chi connectivity index (χ0v) is 9.08. The van der Waals surface area contributed by atoms with Gasteiger partial charge in [-0.1, -0.05) is 18.1 Å². The van der Waals surface area contributed by atoms with Crippen LogP contribution in [0.15, 0.2) is 24.2 Å². The van der Waals surface area contributed by atoms with Crippen molar-refractivity contribution in [3.8, 4) is 0 Å². The molecule has 80 valence electrons. The SMILES string of the molecule is C1=C2CCCC[C@H]2CC[C@@H]1c1cnc[nH]1. The summed E-state index contributed by atoms with van der Waals surface area (Å²) >= 11 is 0. The quantitative estimate of drug-likeness (QED) is 0.695. The lowest BCUT2D eigenvalue weighted by Gasteiger charge is -2.31. The van der Waals surface area contributed by atoms with E-state index in [4.69, 9.17) is 0 Å². The summed E-state index contributed by atoms with van der Waals surface area (Å²) < 4.78 is 0. The molecule has 15 heavy (non-hydrogen) atoms. The third kappa shape index (κ3) is 1.73. The molecule has 2 atom stereocenters. The molecular weight excluding hydrogens is 184 g/mol. The zero-order valence-electron chi connectivity index (χ0n) is 9.08. The molecule has 2 aliphatic rings. The second-order valence-corrected chi connectivity index (χ2v) is 4.88. The summed E-state index contributed by atoms with van der Waals surface area (Å²) in [5.41, 5.74) is 3.03. The normalized spacial score (nSPS) is 30.8. The molecule has 0 radical (unpaired) electrons. The van der Waals surface area contributed by atoms with Crippen molar-refractivity contribution in [1.29, 1.82) is 0 Å². The average molecular weight is 202 g/mol. The first-order chi connectivity index (χ1) is 7.43. The molecule has 1 fully saturated rings. The fraction of sp³-hybridized carbons (Fsp3) is 0.615. The molecule has 2 nitrogen and oxygen atoms in total. The topological polar surface area (TPSA) is 28.7 Å². The molecule has 2 heteroatoms. The lowest BCUT2D eigenvalue weighted by Crippen LogP contribution is -2.17. The van der Waals surface area contributed by atoms with Crippen LogP contribution in [0.1, 0.15) is 50.1 Å². The predicted molar refractivity (Wildman–Crippen MR) is 60.6 cm³/mol. The van der Waals surface area contributed by atoms with Gasteiger partial charge in [0.05, 0.1) is 6.33 Å². The summed E-state index contributed by atoms with van der Waals surface area (Å²) in [7, 11) is 0. The van der Waals surface area contributed by atoms with Crippen molar-refractivity contribution in [2.24, 2.45) is 5.92 Å². The Hall–Kier alpha value is -1.05. The monoisotopic (exact) mass is 202 g/mol. The van der Waals surface area contributed by atoms with Gasteiger partial charge in [0.2, 0.25) is 0 Å². The molecular formula is C13H18N2. The van der Waals surface area contributed by atoms with Crippen LogP contribution >= 0.6 is 0 Å². The van der Waals surface area contributed by atoms with Crippen LogP contribution in [-0.2, 0) is 0 Å². The maximum Gasteiger partial charge on any atom is 0.0921 e. The number of aromatic amines is 1. The van der Waals surface area contributed by atoms with E-state index < -0.39 is 0 Å². The van der Waals surface area contributed by atoms with Crippen LogP contribution in [0.4, 0.5) is 0 Å². The lowest BCUT2D eigenvalue weighted by atomic mass is 9.74. The fourth-order valence-corrected chi connectivity index (χ4v) is 3.10. The highest BCUT2D eigenvalue weighted by Crippen LogP contribution is 2.40. The minimum Gasteiger partial charge on any atom is -0.348 e. The summed E-state index contributed by atoms with van der Waals surface area (Å²) in [5, 5.41) is 0. The van der Waals surface area contributed by atoms with Gasteiger partial charge in [-0.3, -0.25) is 0 Å². The van der Waals surface area contributed by atoms with Gasteiger partial charge < -0.3 is 4.98 Å². The molecule has 1 aromatic rings. The summed E-state index contributed by atoms with van der Waals surface area (Å²) in [6, 6.07) is 0. The first-order valence-corrected chi connectivity index (χ1v) is 6.12. The fourth-order valence-electron chi connectivity index (χ4n) is 3.10. The van der Waals surface area contributed by atoms with Gasteiger partial charge in [-0.25, -0.2) is 4.98 Å². The van der Waals surface area contributed by atoms with Crippen molar-refractivity contribution in [3.63, 3.8) is 0 Å². The molecule has 3 rings (SSSR count). The van der Waals surface area contributed by atoms with E-state index in [-0.39, 0.29) is 0 Å². The Balaban J connectivity index is 1.83. The van der Waals surface area contributed by atoms with E-state index in [0.29, 0.717) is 5.92 Å². The standard InChI is InChI=1S/C13H18N2/c1-2-4-11-7-12(6-5-10(11)3-1)13-8-14-9-15-13/h7-10,12H,1-6H2,(H,14,15)/t10-,12-/m0/s1. The number of hydrogen-bond donors (Lipinski definition) is 1. The highest BCUT2D eigenvalue weighted by Gasteiger charge is 2.26. The highest BCUT2D eigenvalue weighted by atomic mass is 14.9. The van der Waals surface area contributed by atoms with Gasteiger partial charge in [0.25, 0.3) is 0 Å². The van der Waals surface area contributed by atoms with E-state index in [1.54, 1.807) is 11.9 Å². The lowest BCUT2D eigenvalue weighted by molar-refractivity contribution is 0.387. The largest absolute Gasteiger partial charge is 0.348 e. The number of fused-ring (bicyclic) bond motifs is 1. The number of hydrogen-bond acceptors (Lipinski definition) is 1. The predicted octanol–water partition coefficient (Wildman–Crippen LogP) is 3.40. The van der Waals surface area contributed by atoms with Crippen molar-refractivity contribution in [1.82, 2.24) is 9.97 Å². The molecule has 0 amide bonds. The Bertz CT molecular complexity index is 351. The van der Waals surface area contributed by atoms with Gasteiger partial charge in [-0.15, -0.1) is 0 Å². The zero-order chi connectivity index (χ0) is 10.1. The molecule has 1 aromatic heterocycles. The number of H-pyrrole nitrogens is 1. The van der Waals surface area contributed by atoms with E-state index in [1.165, 1.54) is 44.2 Å². The number of nitrogens with one attached hydrogen (secondary N) is 1. The summed E-state index contributed by atoms with van der Waals surface area (Å²) in [6.45, 7) is 0. The molecule has 0 aromatic carbocycles. The molecule has 2 aliphatic carbocycles. The van der Waals surface area contributed by atoms with Crippen molar-refractivity contribution < 1.29 is 0 Å². The van der Waals surface area contributed by atoms with Gasteiger partial charge >= 0.3 is 0 Å². The van der Waals surface area contributed by atoms with Gasteiger partial charge in [0.1, 0.15) is 0 Å². The molecule has 1 heterocycles. The summed E-state index contributed by atoms with van der Waals surface area (Å²) in [6.07, 6.45) is 14.6. The Labute approximate surface area is 90.8 Å². The number of allylic oxidation sites excluding steroid dienone is 2. The van der Waals surface area contributed by atoms with Crippen molar-refractivity contribution in [2.45, 2.75) is 44.4 Å². The number of imidazole rings is 1. The third-order valence-electron chi connectivity index (χ3n) is 3.95. The van der Waals surface area contributed by atoms with Gasteiger partial charge in [-0.2, -0.15) is 0 Å². The maximum atomic E-state index is 4.12. The smallest absolute Gasteiger partial charge is 0.0921 e. The Morgan fingerprint density at radius 1 is 1.20 bits per heavy atom. The number of rotatable bonds is 1. The van der Waals surface area contributed by atoms with Crippen LogP contribution in [0, 0.1) is 5.92 Å². The first kappa shape index (κ1) is 9.20. The summed E-state index contributed by atoms with van der Waals surface area (Å²) in [4.78, 5) is 7.36. The third-order valence-corrected chi connectivity index (χ3v) is 3.95. The maximum absolute atomic E-state index is 4.12. The first-order valence-electron chi connectivity index (χ1n) is 6.12. The highest BCUT2D eigenvalue weighted by molar-refractivity contribution is 5.22. The van der Waals surface area contributed by atoms with Crippen molar-refractivity contribution >= 4 is 0 Å². The minimum absolute atomic E-state index is 0.608. The molecule has 0 spiro atoms. The van der Waals surface area contributed by atoms with E-state index in [2.05, 4.69) is 16.0 Å². The van der Waals surface area contributed by atoms with Gasteiger partial charge in [-0.05, 0) is 38.0 Å². The Morgan fingerprint density at radius 3 is 3.07 bits per heavy atom. The van der Waals surface area contributed by atoms with Crippen LogP contribution < -0.4 is 0 Å². The van der Waals surface area contributed by atoms with Crippen molar-refractivity contribution in [3.05, 3.63) is 29.9 Å². The van der Waals surface area contributed by atoms with Gasteiger partial charge in [0.15, 0.2) is 0 Å².